The van der Waals surface area contributed by atoms with Crippen molar-refractivity contribution in [3.05, 3.63) is 53.6 Å². The zero-order valence-electron chi connectivity index (χ0n) is 14.1. The van der Waals surface area contributed by atoms with Crippen LogP contribution in [-0.2, 0) is 9.53 Å². The number of anilines is 1. The fourth-order valence-corrected chi connectivity index (χ4v) is 2.28. The molecule has 1 atom stereocenters. The zero-order valence-corrected chi connectivity index (χ0v) is 14.1. The zero-order chi connectivity index (χ0) is 18.0. The SMILES string of the molecule is Cc1cc(C)n2nc(C(=O)O[C@H](C)C(=O)Nc3ccccc3)nc2n1. The van der Waals surface area contributed by atoms with Gasteiger partial charge in [-0.15, -0.1) is 5.10 Å². The normalized spacial score (nSPS) is 12.0. The van der Waals surface area contributed by atoms with Crippen molar-refractivity contribution in [2.75, 3.05) is 5.32 Å². The quantitative estimate of drug-likeness (QED) is 0.729. The molecule has 0 fully saturated rings. The van der Waals surface area contributed by atoms with E-state index in [1.54, 1.807) is 24.3 Å². The minimum absolute atomic E-state index is 0.138. The van der Waals surface area contributed by atoms with Gasteiger partial charge in [0.15, 0.2) is 6.10 Å². The van der Waals surface area contributed by atoms with Crippen LogP contribution < -0.4 is 5.32 Å². The minimum atomic E-state index is -0.991. The maximum atomic E-state index is 12.2. The Morgan fingerprint density at radius 1 is 1.16 bits per heavy atom. The maximum Gasteiger partial charge on any atom is 0.379 e. The minimum Gasteiger partial charge on any atom is -0.447 e. The lowest BCUT2D eigenvalue weighted by molar-refractivity contribution is -0.123. The Morgan fingerprint density at radius 2 is 1.88 bits per heavy atom. The Labute approximate surface area is 143 Å². The van der Waals surface area contributed by atoms with Crippen LogP contribution in [0, 0.1) is 13.8 Å². The number of benzene rings is 1. The lowest BCUT2D eigenvalue weighted by atomic mass is 10.3. The molecule has 3 aromatic rings. The number of carbonyl (C=O) groups is 2. The van der Waals surface area contributed by atoms with Gasteiger partial charge < -0.3 is 10.1 Å². The van der Waals surface area contributed by atoms with Gasteiger partial charge in [-0.05, 0) is 39.0 Å². The van der Waals surface area contributed by atoms with E-state index < -0.39 is 18.0 Å². The summed E-state index contributed by atoms with van der Waals surface area (Å²) in [6.07, 6.45) is -0.991. The Kier molecular flexibility index (Phi) is 4.42. The highest BCUT2D eigenvalue weighted by atomic mass is 16.5. The molecular formula is C17H17N5O3. The molecular weight excluding hydrogens is 322 g/mol. The molecule has 1 amide bonds. The van der Waals surface area contributed by atoms with Crippen LogP contribution in [0.3, 0.4) is 0 Å². The van der Waals surface area contributed by atoms with Crippen LogP contribution in [0.4, 0.5) is 5.69 Å². The third-order valence-electron chi connectivity index (χ3n) is 3.50. The predicted octanol–water partition coefficient (Wildman–Crippen LogP) is 1.93. The molecule has 0 spiro atoms. The van der Waals surface area contributed by atoms with E-state index in [0.29, 0.717) is 11.5 Å². The van der Waals surface area contributed by atoms with Crippen molar-refractivity contribution in [3.8, 4) is 0 Å². The van der Waals surface area contributed by atoms with Crippen LogP contribution in [0.25, 0.3) is 5.78 Å². The number of esters is 1. The molecule has 2 heterocycles. The molecule has 128 valence electrons. The number of amides is 1. The summed E-state index contributed by atoms with van der Waals surface area (Å²) >= 11 is 0. The average molecular weight is 339 g/mol. The van der Waals surface area contributed by atoms with Crippen molar-refractivity contribution in [1.82, 2.24) is 19.6 Å². The van der Waals surface area contributed by atoms with Gasteiger partial charge in [0.25, 0.3) is 17.5 Å². The maximum absolute atomic E-state index is 12.2. The molecule has 0 aliphatic carbocycles. The van der Waals surface area contributed by atoms with Crippen LogP contribution in [0.5, 0.6) is 0 Å². The number of carbonyl (C=O) groups excluding carboxylic acids is 2. The number of ether oxygens (including phenoxy) is 1. The van der Waals surface area contributed by atoms with E-state index in [2.05, 4.69) is 20.4 Å². The summed E-state index contributed by atoms with van der Waals surface area (Å²) < 4.78 is 6.61. The first-order valence-electron chi connectivity index (χ1n) is 7.72. The van der Waals surface area contributed by atoms with Gasteiger partial charge in [-0.2, -0.15) is 4.98 Å². The van der Waals surface area contributed by atoms with Crippen LogP contribution in [0.1, 0.15) is 28.9 Å². The van der Waals surface area contributed by atoms with Crippen LogP contribution in [-0.4, -0.2) is 37.6 Å². The van der Waals surface area contributed by atoms with Crippen molar-refractivity contribution in [2.24, 2.45) is 0 Å². The molecule has 0 aliphatic rings. The van der Waals surface area contributed by atoms with Gasteiger partial charge in [0, 0.05) is 17.1 Å². The highest BCUT2D eigenvalue weighted by molar-refractivity contribution is 5.96. The van der Waals surface area contributed by atoms with Crippen LogP contribution >= 0.6 is 0 Å². The summed E-state index contributed by atoms with van der Waals surface area (Å²) in [4.78, 5) is 32.6. The van der Waals surface area contributed by atoms with E-state index in [1.165, 1.54) is 11.4 Å². The first kappa shape index (κ1) is 16.6. The average Bonchev–Trinajstić information content (AvgIpc) is 3.00. The second-order valence-corrected chi connectivity index (χ2v) is 5.59. The summed E-state index contributed by atoms with van der Waals surface area (Å²) in [6.45, 7) is 5.15. The van der Waals surface area contributed by atoms with Crippen molar-refractivity contribution < 1.29 is 14.3 Å². The summed E-state index contributed by atoms with van der Waals surface area (Å²) in [5.74, 6) is -1.04. The fourth-order valence-electron chi connectivity index (χ4n) is 2.28. The summed E-state index contributed by atoms with van der Waals surface area (Å²) in [5.41, 5.74) is 2.19. The predicted molar refractivity (Wildman–Crippen MR) is 90.2 cm³/mol. The summed E-state index contributed by atoms with van der Waals surface area (Å²) in [7, 11) is 0. The second kappa shape index (κ2) is 6.68. The van der Waals surface area contributed by atoms with Gasteiger partial charge in [-0.25, -0.2) is 14.3 Å². The topological polar surface area (TPSA) is 98.5 Å². The number of hydrogen-bond acceptors (Lipinski definition) is 6. The molecule has 0 aliphatic heterocycles. The van der Waals surface area contributed by atoms with E-state index in [4.69, 9.17) is 4.74 Å². The molecule has 2 aromatic heterocycles. The first-order valence-corrected chi connectivity index (χ1v) is 7.72. The third-order valence-corrected chi connectivity index (χ3v) is 3.50. The first-order chi connectivity index (χ1) is 11.9. The largest absolute Gasteiger partial charge is 0.447 e. The molecule has 3 rings (SSSR count). The fraction of sp³-hybridized carbons (Fsp3) is 0.235. The van der Waals surface area contributed by atoms with Gasteiger partial charge in [0.1, 0.15) is 0 Å². The Hall–Kier alpha value is -3.29. The molecule has 0 radical (unpaired) electrons. The number of hydrogen-bond donors (Lipinski definition) is 1. The van der Waals surface area contributed by atoms with Gasteiger partial charge in [-0.3, -0.25) is 4.79 Å². The smallest absolute Gasteiger partial charge is 0.379 e. The van der Waals surface area contributed by atoms with E-state index in [-0.39, 0.29) is 5.82 Å². The van der Waals surface area contributed by atoms with Gasteiger partial charge in [-0.1, -0.05) is 18.2 Å². The van der Waals surface area contributed by atoms with Crippen molar-refractivity contribution in [1.29, 1.82) is 0 Å². The van der Waals surface area contributed by atoms with E-state index in [1.807, 2.05) is 26.0 Å². The van der Waals surface area contributed by atoms with Gasteiger partial charge >= 0.3 is 5.97 Å². The second-order valence-electron chi connectivity index (χ2n) is 5.59. The van der Waals surface area contributed by atoms with E-state index in [9.17, 15) is 9.59 Å². The number of para-hydroxylation sites is 1. The van der Waals surface area contributed by atoms with Crippen LogP contribution in [0.2, 0.25) is 0 Å². The molecule has 1 N–H and O–H groups in total. The van der Waals surface area contributed by atoms with Crippen molar-refractivity contribution in [3.63, 3.8) is 0 Å². The van der Waals surface area contributed by atoms with Gasteiger partial charge in [0.2, 0.25) is 0 Å². The molecule has 0 bridgehead atoms. The highest BCUT2D eigenvalue weighted by Gasteiger charge is 2.22. The Balaban J connectivity index is 1.71. The molecule has 0 saturated heterocycles. The molecule has 0 unspecified atom stereocenters. The summed E-state index contributed by atoms with van der Waals surface area (Å²) in [6, 6.07) is 10.7. The lowest BCUT2D eigenvalue weighted by Crippen LogP contribution is -2.30. The molecule has 0 saturated carbocycles. The van der Waals surface area contributed by atoms with Gasteiger partial charge in [0.05, 0.1) is 0 Å². The molecule has 8 heteroatoms. The number of nitrogens with one attached hydrogen (secondary N) is 1. The number of aromatic nitrogens is 4. The number of rotatable bonds is 4. The number of nitrogens with zero attached hydrogens (tertiary/aromatic N) is 4. The molecule has 25 heavy (non-hydrogen) atoms. The van der Waals surface area contributed by atoms with Crippen molar-refractivity contribution in [2.45, 2.75) is 26.9 Å². The Morgan fingerprint density at radius 3 is 2.60 bits per heavy atom. The highest BCUT2D eigenvalue weighted by Crippen LogP contribution is 2.09. The third kappa shape index (κ3) is 3.63. The van der Waals surface area contributed by atoms with Crippen molar-refractivity contribution >= 4 is 23.3 Å². The Bertz CT molecular complexity index is 936. The van der Waals surface area contributed by atoms with Crippen LogP contribution in [0.15, 0.2) is 36.4 Å². The molecule has 1 aromatic carbocycles. The summed E-state index contributed by atoms with van der Waals surface area (Å²) in [5, 5.41) is 6.75. The number of aryl methyl sites for hydroxylation is 2. The number of fused-ring (bicyclic) bond motifs is 1. The monoisotopic (exact) mass is 339 g/mol. The van der Waals surface area contributed by atoms with E-state index in [0.717, 1.165) is 11.4 Å². The lowest BCUT2D eigenvalue weighted by Gasteiger charge is -2.12. The standard InChI is InChI=1S/C17H17N5O3/c1-10-9-11(2)22-17(18-10)20-14(21-22)16(24)25-12(3)15(23)19-13-7-5-4-6-8-13/h4-9,12H,1-3H3,(H,19,23)/t12-/m1/s1. The van der Waals surface area contributed by atoms with E-state index >= 15 is 0 Å². The molecule has 8 nitrogen and oxygen atoms in total.